The van der Waals surface area contributed by atoms with Crippen molar-refractivity contribution >= 4 is 5.91 Å². The van der Waals surface area contributed by atoms with Gasteiger partial charge in [0.2, 0.25) is 5.91 Å². The Morgan fingerprint density at radius 1 is 1.28 bits per heavy atom. The van der Waals surface area contributed by atoms with Crippen molar-refractivity contribution in [3.8, 4) is 12.1 Å². The Balaban J connectivity index is 2.57. The van der Waals surface area contributed by atoms with Crippen LogP contribution in [-0.4, -0.2) is 5.91 Å². The van der Waals surface area contributed by atoms with E-state index in [1.54, 1.807) is 24.3 Å². The van der Waals surface area contributed by atoms with Crippen LogP contribution in [0.1, 0.15) is 25.0 Å². The van der Waals surface area contributed by atoms with Gasteiger partial charge in [-0.25, -0.2) is 0 Å². The molecule has 0 aromatic heterocycles. The van der Waals surface area contributed by atoms with Crippen LogP contribution in [0.4, 0.5) is 0 Å². The first-order chi connectivity index (χ1) is 8.58. The van der Waals surface area contributed by atoms with Gasteiger partial charge in [-0.15, -0.1) is 0 Å². The number of hydrogen-bond acceptors (Lipinski definition) is 3. The fraction of sp³-hybridized carbons (Fsp3) is 0.357. The Kier molecular flexibility index (Phi) is 4.90. The third-order valence-corrected chi connectivity index (χ3v) is 2.64. The summed E-state index contributed by atoms with van der Waals surface area (Å²) in [5.74, 6) is -0.879. The molecule has 1 unspecified atom stereocenters. The Morgan fingerprint density at radius 3 is 2.33 bits per heavy atom. The second kappa shape index (κ2) is 6.42. The molecule has 92 valence electrons. The SMILES string of the molecule is CC(C)C(C#N)C(=O)NCc1ccc(C#N)cc1. The van der Waals surface area contributed by atoms with Crippen molar-refractivity contribution in [1.82, 2.24) is 5.32 Å². The molecule has 1 aromatic rings. The van der Waals surface area contributed by atoms with Crippen molar-refractivity contribution in [2.75, 3.05) is 0 Å². The molecule has 0 bridgehead atoms. The molecular formula is C14H15N3O. The first-order valence-electron chi connectivity index (χ1n) is 5.75. The Bertz CT molecular complexity index is 491. The van der Waals surface area contributed by atoms with E-state index >= 15 is 0 Å². The van der Waals surface area contributed by atoms with E-state index in [0.29, 0.717) is 12.1 Å². The molecule has 0 heterocycles. The Hall–Kier alpha value is -2.33. The maximum atomic E-state index is 11.7. The molecular weight excluding hydrogens is 226 g/mol. The molecule has 0 spiro atoms. The van der Waals surface area contributed by atoms with Gasteiger partial charge in [-0.1, -0.05) is 26.0 Å². The molecule has 1 amide bonds. The molecule has 0 radical (unpaired) electrons. The van der Waals surface area contributed by atoms with Crippen molar-refractivity contribution in [3.63, 3.8) is 0 Å². The first kappa shape index (κ1) is 13.7. The van der Waals surface area contributed by atoms with Crippen LogP contribution in [-0.2, 0) is 11.3 Å². The van der Waals surface area contributed by atoms with Crippen LogP contribution >= 0.6 is 0 Å². The smallest absolute Gasteiger partial charge is 0.237 e. The van der Waals surface area contributed by atoms with Gasteiger partial charge in [-0.3, -0.25) is 4.79 Å². The predicted octanol–water partition coefficient (Wildman–Crippen LogP) is 1.97. The maximum Gasteiger partial charge on any atom is 0.237 e. The van der Waals surface area contributed by atoms with Gasteiger partial charge < -0.3 is 5.32 Å². The van der Waals surface area contributed by atoms with E-state index in [0.717, 1.165) is 5.56 Å². The van der Waals surface area contributed by atoms with Gasteiger partial charge in [0.05, 0.1) is 17.7 Å². The number of carbonyl (C=O) groups is 1. The quantitative estimate of drug-likeness (QED) is 0.875. The molecule has 1 atom stereocenters. The van der Waals surface area contributed by atoms with Crippen molar-refractivity contribution in [2.45, 2.75) is 20.4 Å². The second-order valence-electron chi connectivity index (χ2n) is 4.38. The summed E-state index contributed by atoms with van der Waals surface area (Å²) in [6.45, 7) is 4.06. The van der Waals surface area contributed by atoms with Gasteiger partial charge in [-0.05, 0) is 23.6 Å². The second-order valence-corrected chi connectivity index (χ2v) is 4.38. The Labute approximate surface area is 107 Å². The lowest BCUT2D eigenvalue weighted by Gasteiger charge is -2.13. The lowest BCUT2D eigenvalue weighted by Crippen LogP contribution is -2.32. The van der Waals surface area contributed by atoms with Crippen molar-refractivity contribution in [3.05, 3.63) is 35.4 Å². The highest BCUT2D eigenvalue weighted by molar-refractivity contribution is 5.81. The fourth-order valence-electron chi connectivity index (χ4n) is 1.51. The number of benzene rings is 1. The lowest BCUT2D eigenvalue weighted by atomic mass is 9.96. The summed E-state index contributed by atoms with van der Waals surface area (Å²) in [6.07, 6.45) is 0. The van der Waals surface area contributed by atoms with Crippen LogP contribution in [0.25, 0.3) is 0 Å². The highest BCUT2D eigenvalue weighted by atomic mass is 16.1. The summed E-state index contributed by atoms with van der Waals surface area (Å²) in [4.78, 5) is 11.7. The minimum Gasteiger partial charge on any atom is -0.351 e. The number of hydrogen-bond donors (Lipinski definition) is 1. The predicted molar refractivity (Wildman–Crippen MR) is 66.9 cm³/mol. The van der Waals surface area contributed by atoms with Crippen LogP contribution in [0.15, 0.2) is 24.3 Å². The van der Waals surface area contributed by atoms with E-state index < -0.39 is 5.92 Å². The van der Waals surface area contributed by atoms with Crippen LogP contribution in [0.2, 0.25) is 0 Å². The fourth-order valence-corrected chi connectivity index (χ4v) is 1.51. The molecule has 0 fully saturated rings. The van der Waals surface area contributed by atoms with Gasteiger partial charge in [0.1, 0.15) is 5.92 Å². The third kappa shape index (κ3) is 3.61. The molecule has 0 saturated carbocycles. The van der Waals surface area contributed by atoms with Crippen molar-refractivity contribution < 1.29 is 4.79 Å². The molecule has 18 heavy (non-hydrogen) atoms. The molecule has 0 aliphatic rings. The molecule has 0 saturated heterocycles. The van der Waals surface area contributed by atoms with E-state index in [2.05, 4.69) is 5.32 Å². The number of amides is 1. The summed E-state index contributed by atoms with van der Waals surface area (Å²) >= 11 is 0. The van der Waals surface area contributed by atoms with Gasteiger partial charge in [0, 0.05) is 6.54 Å². The summed E-state index contributed by atoms with van der Waals surface area (Å²) in [5.41, 5.74) is 1.49. The van der Waals surface area contributed by atoms with Crippen LogP contribution in [0.3, 0.4) is 0 Å². The molecule has 1 N–H and O–H groups in total. The first-order valence-corrected chi connectivity index (χ1v) is 5.75. The van der Waals surface area contributed by atoms with E-state index in [9.17, 15) is 4.79 Å². The molecule has 1 aromatic carbocycles. The van der Waals surface area contributed by atoms with E-state index in [-0.39, 0.29) is 11.8 Å². The van der Waals surface area contributed by atoms with Crippen LogP contribution < -0.4 is 5.32 Å². The highest BCUT2D eigenvalue weighted by Crippen LogP contribution is 2.10. The third-order valence-electron chi connectivity index (χ3n) is 2.64. The van der Waals surface area contributed by atoms with Crippen molar-refractivity contribution in [2.24, 2.45) is 11.8 Å². The van der Waals surface area contributed by atoms with E-state index in [4.69, 9.17) is 10.5 Å². The van der Waals surface area contributed by atoms with Crippen LogP contribution in [0.5, 0.6) is 0 Å². The topological polar surface area (TPSA) is 76.7 Å². The number of nitriles is 2. The van der Waals surface area contributed by atoms with Gasteiger partial charge in [0.25, 0.3) is 0 Å². The van der Waals surface area contributed by atoms with E-state index in [1.807, 2.05) is 26.0 Å². The normalized spacial score (nSPS) is 11.4. The minimum absolute atomic E-state index is 0.00374. The lowest BCUT2D eigenvalue weighted by molar-refractivity contribution is -0.124. The average molecular weight is 241 g/mol. The summed E-state index contributed by atoms with van der Waals surface area (Å²) in [7, 11) is 0. The molecule has 0 aliphatic heterocycles. The van der Waals surface area contributed by atoms with Crippen molar-refractivity contribution in [1.29, 1.82) is 10.5 Å². The minimum atomic E-state index is -0.622. The number of carbonyl (C=O) groups excluding carboxylic acids is 1. The monoisotopic (exact) mass is 241 g/mol. The summed E-state index contributed by atoms with van der Waals surface area (Å²) in [5, 5.41) is 20.3. The zero-order chi connectivity index (χ0) is 13.5. The highest BCUT2D eigenvalue weighted by Gasteiger charge is 2.20. The number of rotatable bonds is 4. The standard InChI is InChI=1S/C14H15N3O/c1-10(2)13(8-16)14(18)17-9-12-5-3-11(7-15)4-6-12/h3-6,10,13H,9H2,1-2H3,(H,17,18). The number of nitrogens with one attached hydrogen (secondary N) is 1. The van der Waals surface area contributed by atoms with Gasteiger partial charge in [0.15, 0.2) is 0 Å². The van der Waals surface area contributed by atoms with Crippen LogP contribution in [0, 0.1) is 34.5 Å². The van der Waals surface area contributed by atoms with E-state index in [1.165, 1.54) is 0 Å². The molecule has 4 nitrogen and oxygen atoms in total. The Morgan fingerprint density at radius 2 is 1.89 bits per heavy atom. The van der Waals surface area contributed by atoms with Gasteiger partial charge in [-0.2, -0.15) is 10.5 Å². The maximum absolute atomic E-state index is 11.7. The molecule has 4 heteroatoms. The largest absolute Gasteiger partial charge is 0.351 e. The van der Waals surface area contributed by atoms with Gasteiger partial charge >= 0.3 is 0 Å². The molecule has 0 aliphatic carbocycles. The molecule has 1 rings (SSSR count). The summed E-state index contributed by atoms with van der Waals surface area (Å²) in [6, 6.07) is 11.0. The summed E-state index contributed by atoms with van der Waals surface area (Å²) < 4.78 is 0. The average Bonchev–Trinajstić information content (AvgIpc) is 2.37. The zero-order valence-corrected chi connectivity index (χ0v) is 10.5. The number of nitrogens with zero attached hydrogens (tertiary/aromatic N) is 2. The zero-order valence-electron chi connectivity index (χ0n) is 10.5.